The van der Waals surface area contributed by atoms with Gasteiger partial charge in [0.1, 0.15) is 5.60 Å². The molecule has 0 aromatic heterocycles. The molecule has 1 aromatic rings. The Bertz CT molecular complexity index is 725. The molecule has 2 atom stereocenters. The number of imide groups is 1. The van der Waals surface area contributed by atoms with Gasteiger partial charge in [0.25, 0.3) is 0 Å². The molecular formula is C23H33NO5. The van der Waals surface area contributed by atoms with Crippen LogP contribution in [0, 0.1) is 5.92 Å². The Hall–Kier alpha value is -2.37. The average molecular weight is 404 g/mol. The Labute approximate surface area is 173 Å². The van der Waals surface area contributed by atoms with Crippen molar-refractivity contribution < 1.29 is 23.9 Å². The normalized spacial score (nSPS) is 21.9. The van der Waals surface area contributed by atoms with Gasteiger partial charge in [-0.15, -0.1) is 0 Å². The maximum Gasteiger partial charge on any atom is 0.418 e. The van der Waals surface area contributed by atoms with Crippen molar-refractivity contribution in [3.05, 3.63) is 35.9 Å². The molecule has 0 unspecified atom stereocenters. The van der Waals surface area contributed by atoms with Crippen molar-refractivity contribution in [2.24, 2.45) is 5.92 Å². The SMILES string of the molecule is CCCC[C@@H]1CC(=O)N(C(=O)OC(C)(C)C)[C@]1(Cc1ccccc1)C(=O)OCC. The third kappa shape index (κ3) is 5.17. The summed E-state index contributed by atoms with van der Waals surface area (Å²) in [5.74, 6) is -1.24. The van der Waals surface area contributed by atoms with Gasteiger partial charge >= 0.3 is 12.1 Å². The Morgan fingerprint density at radius 1 is 1.17 bits per heavy atom. The van der Waals surface area contributed by atoms with Crippen molar-refractivity contribution in [1.29, 1.82) is 0 Å². The number of unbranched alkanes of at least 4 members (excludes halogenated alkanes) is 1. The van der Waals surface area contributed by atoms with Gasteiger partial charge in [-0.3, -0.25) is 4.79 Å². The molecule has 0 radical (unpaired) electrons. The quantitative estimate of drug-likeness (QED) is 0.627. The third-order valence-corrected chi connectivity index (χ3v) is 5.17. The number of rotatable bonds is 7. The van der Waals surface area contributed by atoms with Crippen molar-refractivity contribution in [3.8, 4) is 0 Å². The molecule has 1 aromatic carbocycles. The first-order chi connectivity index (χ1) is 13.7. The zero-order valence-corrected chi connectivity index (χ0v) is 18.2. The molecule has 29 heavy (non-hydrogen) atoms. The number of hydrogen-bond donors (Lipinski definition) is 0. The highest BCUT2D eigenvalue weighted by molar-refractivity contribution is 6.02. The molecule has 0 saturated carbocycles. The number of carbonyl (C=O) groups excluding carboxylic acids is 3. The molecule has 1 heterocycles. The van der Waals surface area contributed by atoms with Crippen molar-refractivity contribution in [3.63, 3.8) is 0 Å². The summed E-state index contributed by atoms with van der Waals surface area (Å²) in [7, 11) is 0. The van der Waals surface area contributed by atoms with Crippen LogP contribution in [-0.4, -0.2) is 40.6 Å². The predicted octanol–water partition coefficient (Wildman–Crippen LogP) is 4.50. The maximum atomic E-state index is 13.3. The zero-order valence-electron chi connectivity index (χ0n) is 18.2. The summed E-state index contributed by atoms with van der Waals surface area (Å²) < 4.78 is 11.0. The Morgan fingerprint density at radius 2 is 1.83 bits per heavy atom. The van der Waals surface area contributed by atoms with Crippen LogP contribution < -0.4 is 0 Å². The number of benzene rings is 1. The van der Waals surface area contributed by atoms with Crippen LogP contribution in [-0.2, 0) is 25.5 Å². The number of amides is 2. The number of hydrogen-bond acceptors (Lipinski definition) is 5. The molecule has 0 aliphatic carbocycles. The average Bonchev–Trinajstić information content (AvgIpc) is 2.92. The highest BCUT2D eigenvalue weighted by Gasteiger charge is 2.61. The Kier molecular flexibility index (Phi) is 7.44. The third-order valence-electron chi connectivity index (χ3n) is 5.17. The fraction of sp³-hybridized carbons (Fsp3) is 0.609. The predicted molar refractivity (Wildman–Crippen MR) is 110 cm³/mol. The van der Waals surface area contributed by atoms with E-state index >= 15 is 0 Å². The van der Waals surface area contributed by atoms with Gasteiger partial charge in [0.15, 0.2) is 5.54 Å². The molecule has 0 bridgehead atoms. The monoisotopic (exact) mass is 403 g/mol. The zero-order chi connectivity index (χ0) is 21.7. The minimum absolute atomic E-state index is 0.130. The molecule has 1 aliphatic rings. The van der Waals surface area contributed by atoms with Crippen molar-refractivity contribution >= 4 is 18.0 Å². The van der Waals surface area contributed by atoms with Crippen LogP contribution in [0.3, 0.4) is 0 Å². The molecule has 0 spiro atoms. The van der Waals surface area contributed by atoms with Crippen LogP contribution in [0.25, 0.3) is 0 Å². The number of ether oxygens (including phenoxy) is 2. The van der Waals surface area contributed by atoms with Gasteiger partial charge in [0.05, 0.1) is 6.61 Å². The largest absolute Gasteiger partial charge is 0.464 e. The second-order valence-electron chi connectivity index (χ2n) is 8.56. The lowest BCUT2D eigenvalue weighted by molar-refractivity contribution is -0.161. The lowest BCUT2D eigenvalue weighted by Gasteiger charge is -2.39. The van der Waals surface area contributed by atoms with Gasteiger partial charge in [-0.05, 0) is 39.7 Å². The number of carbonyl (C=O) groups is 3. The van der Waals surface area contributed by atoms with E-state index in [1.54, 1.807) is 27.7 Å². The topological polar surface area (TPSA) is 72.9 Å². The van der Waals surface area contributed by atoms with E-state index in [1.165, 1.54) is 0 Å². The van der Waals surface area contributed by atoms with Crippen LogP contribution >= 0.6 is 0 Å². The highest BCUT2D eigenvalue weighted by atomic mass is 16.6. The van der Waals surface area contributed by atoms with Crippen LogP contribution in [0.15, 0.2) is 30.3 Å². The van der Waals surface area contributed by atoms with E-state index in [-0.39, 0.29) is 31.3 Å². The molecule has 6 nitrogen and oxygen atoms in total. The second-order valence-corrected chi connectivity index (χ2v) is 8.56. The number of nitrogens with zero attached hydrogens (tertiary/aromatic N) is 1. The first kappa shape index (κ1) is 22.9. The summed E-state index contributed by atoms with van der Waals surface area (Å²) in [6, 6.07) is 9.44. The molecule has 1 aliphatic heterocycles. The second kappa shape index (κ2) is 9.42. The van der Waals surface area contributed by atoms with Gasteiger partial charge < -0.3 is 9.47 Å². The van der Waals surface area contributed by atoms with Gasteiger partial charge in [-0.25, -0.2) is 14.5 Å². The summed E-state index contributed by atoms with van der Waals surface area (Å²) in [6.45, 7) is 9.18. The van der Waals surface area contributed by atoms with Gasteiger partial charge in [0.2, 0.25) is 5.91 Å². The lowest BCUT2D eigenvalue weighted by atomic mass is 9.77. The summed E-state index contributed by atoms with van der Waals surface area (Å²) in [6.07, 6.45) is 2.01. The van der Waals surface area contributed by atoms with Crippen LogP contribution in [0.1, 0.15) is 65.9 Å². The molecular weight excluding hydrogens is 370 g/mol. The fourth-order valence-corrected chi connectivity index (χ4v) is 3.96. The van der Waals surface area contributed by atoms with E-state index in [4.69, 9.17) is 9.47 Å². The maximum absolute atomic E-state index is 13.3. The molecule has 1 fully saturated rings. The van der Waals surface area contributed by atoms with E-state index in [1.807, 2.05) is 30.3 Å². The van der Waals surface area contributed by atoms with Gasteiger partial charge in [-0.1, -0.05) is 50.1 Å². The molecule has 0 N–H and O–H groups in total. The Balaban J connectivity index is 2.57. The summed E-state index contributed by atoms with van der Waals surface area (Å²) in [5, 5.41) is 0. The molecule has 6 heteroatoms. The van der Waals surface area contributed by atoms with Gasteiger partial charge in [-0.2, -0.15) is 0 Å². The summed E-state index contributed by atoms with van der Waals surface area (Å²) in [4.78, 5) is 40.5. The number of esters is 1. The first-order valence-corrected chi connectivity index (χ1v) is 10.4. The molecule has 2 rings (SSSR count). The summed E-state index contributed by atoms with van der Waals surface area (Å²) in [5.41, 5.74) is -1.32. The van der Waals surface area contributed by atoms with Gasteiger partial charge in [0, 0.05) is 18.8 Å². The van der Waals surface area contributed by atoms with E-state index in [2.05, 4.69) is 6.92 Å². The lowest BCUT2D eigenvalue weighted by Crippen LogP contribution is -2.60. The van der Waals surface area contributed by atoms with Crippen molar-refractivity contribution in [2.45, 2.75) is 77.9 Å². The number of likely N-dealkylation sites (tertiary alicyclic amines) is 1. The molecule has 1 saturated heterocycles. The van der Waals surface area contributed by atoms with E-state index in [0.29, 0.717) is 6.42 Å². The van der Waals surface area contributed by atoms with Crippen LogP contribution in [0.5, 0.6) is 0 Å². The minimum atomic E-state index is -1.40. The van der Waals surface area contributed by atoms with Crippen LogP contribution in [0.2, 0.25) is 0 Å². The Morgan fingerprint density at radius 3 is 2.38 bits per heavy atom. The minimum Gasteiger partial charge on any atom is -0.464 e. The standard InChI is InChI=1S/C23H33NO5/c1-6-8-14-18-15-19(25)24(21(27)29-22(3,4)5)23(18,20(26)28-7-2)16-17-12-10-9-11-13-17/h9-13,18H,6-8,14-16H2,1-5H3/t18-,23+/m1/s1. The molecule has 160 valence electrons. The van der Waals surface area contributed by atoms with Crippen molar-refractivity contribution in [1.82, 2.24) is 4.90 Å². The summed E-state index contributed by atoms with van der Waals surface area (Å²) >= 11 is 0. The smallest absolute Gasteiger partial charge is 0.418 e. The van der Waals surface area contributed by atoms with E-state index in [0.717, 1.165) is 23.3 Å². The highest BCUT2D eigenvalue weighted by Crippen LogP contribution is 2.43. The van der Waals surface area contributed by atoms with E-state index in [9.17, 15) is 14.4 Å². The fourth-order valence-electron chi connectivity index (χ4n) is 3.96. The van der Waals surface area contributed by atoms with Crippen molar-refractivity contribution in [2.75, 3.05) is 6.61 Å². The van der Waals surface area contributed by atoms with Crippen LogP contribution in [0.4, 0.5) is 4.79 Å². The van der Waals surface area contributed by atoms with E-state index < -0.39 is 23.2 Å². The first-order valence-electron chi connectivity index (χ1n) is 10.4. The molecule has 2 amide bonds.